The smallest absolute Gasteiger partial charge is 0.264 e. The van der Waals surface area contributed by atoms with Gasteiger partial charge in [-0.2, -0.15) is 5.10 Å². The Morgan fingerprint density at radius 3 is 2.52 bits per heavy atom. The molecule has 9 heteroatoms. The second-order valence-electron chi connectivity index (χ2n) is 6.01. The van der Waals surface area contributed by atoms with Crippen LogP contribution in [0, 0.1) is 0 Å². The molecule has 3 rings (SSSR count). The third-order valence-corrected chi connectivity index (χ3v) is 7.20. The van der Waals surface area contributed by atoms with Crippen LogP contribution in [0.25, 0.3) is 0 Å². The first-order valence-electron chi connectivity index (χ1n) is 8.58. The first-order valence-corrected chi connectivity index (χ1v) is 11.7. The van der Waals surface area contributed by atoms with Crippen molar-refractivity contribution in [2.75, 3.05) is 10.8 Å². The highest BCUT2D eigenvalue weighted by Gasteiger charge is 2.27. The van der Waals surface area contributed by atoms with Crippen LogP contribution in [0.5, 0.6) is 0 Å². The molecule has 150 valence electrons. The minimum Gasteiger partial charge on any atom is -0.271 e. The lowest BCUT2D eigenvalue weighted by Crippen LogP contribution is -2.39. The molecule has 1 N–H and O–H groups in total. The number of nitrogens with one attached hydrogen (secondary N) is 1. The highest BCUT2D eigenvalue weighted by molar-refractivity contribution is 9.10. The molecule has 0 aliphatic heterocycles. The van der Waals surface area contributed by atoms with E-state index in [4.69, 9.17) is 0 Å². The van der Waals surface area contributed by atoms with Crippen LogP contribution in [0.1, 0.15) is 11.8 Å². The molecule has 3 aromatic rings. The molecule has 0 aliphatic carbocycles. The number of amides is 1. The van der Waals surface area contributed by atoms with E-state index in [0.29, 0.717) is 15.9 Å². The molecule has 0 unspecified atom stereocenters. The van der Waals surface area contributed by atoms with Crippen LogP contribution in [-0.4, -0.2) is 26.6 Å². The van der Waals surface area contributed by atoms with Gasteiger partial charge in [0, 0.05) is 9.35 Å². The highest BCUT2D eigenvalue weighted by atomic mass is 79.9. The molecule has 0 spiro atoms. The van der Waals surface area contributed by atoms with Gasteiger partial charge in [0.05, 0.1) is 16.3 Å². The van der Waals surface area contributed by atoms with Gasteiger partial charge < -0.3 is 0 Å². The van der Waals surface area contributed by atoms with E-state index in [9.17, 15) is 13.2 Å². The lowest BCUT2D eigenvalue weighted by Gasteiger charge is -2.24. The Labute approximate surface area is 182 Å². The van der Waals surface area contributed by atoms with Crippen LogP contribution in [0.15, 0.2) is 86.6 Å². The Hall–Kier alpha value is -2.49. The summed E-state index contributed by atoms with van der Waals surface area (Å²) in [6.45, 7) is 1.37. The summed E-state index contributed by atoms with van der Waals surface area (Å²) >= 11 is 4.85. The lowest BCUT2D eigenvalue weighted by molar-refractivity contribution is -0.119. The predicted octanol–water partition coefficient (Wildman–Crippen LogP) is 4.25. The van der Waals surface area contributed by atoms with Gasteiger partial charge in [-0.05, 0) is 48.7 Å². The second kappa shape index (κ2) is 9.34. The maximum absolute atomic E-state index is 13.2. The number of hydrogen-bond acceptors (Lipinski definition) is 5. The van der Waals surface area contributed by atoms with Crippen molar-refractivity contribution in [2.45, 2.75) is 11.8 Å². The summed E-state index contributed by atoms with van der Waals surface area (Å²) in [7, 11) is -3.94. The van der Waals surface area contributed by atoms with Crippen molar-refractivity contribution < 1.29 is 13.2 Å². The number of hydrogen-bond donors (Lipinski definition) is 1. The van der Waals surface area contributed by atoms with Crippen molar-refractivity contribution in [3.63, 3.8) is 0 Å². The van der Waals surface area contributed by atoms with Gasteiger partial charge in [0.2, 0.25) is 0 Å². The summed E-state index contributed by atoms with van der Waals surface area (Å²) in [5, 5.41) is 6.00. The minimum atomic E-state index is -3.94. The Kier molecular flexibility index (Phi) is 6.83. The van der Waals surface area contributed by atoms with Crippen LogP contribution in [0.3, 0.4) is 0 Å². The first kappa shape index (κ1) is 21.2. The molecule has 29 heavy (non-hydrogen) atoms. The van der Waals surface area contributed by atoms with E-state index in [1.54, 1.807) is 49.4 Å². The van der Waals surface area contributed by atoms with Gasteiger partial charge in [-0.15, -0.1) is 11.3 Å². The molecule has 1 amide bonds. The Morgan fingerprint density at radius 1 is 1.10 bits per heavy atom. The molecule has 0 radical (unpaired) electrons. The number of carbonyl (C=O) groups is 1. The number of hydrazone groups is 1. The fourth-order valence-electron chi connectivity index (χ4n) is 2.52. The number of nitrogens with zero attached hydrogens (tertiary/aromatic N) is 2. The van der Waals surface area contributed by atoms with Gasteiger partial charge >= 0.3 is 0 Å². The SMILES string of the molecule is C/C(=N\NC(=O)CN(c1cccc(Br)c1)S(=O)(=O)c1ccccc1)c1cccs1. The monoisotopic (exact) mass is 491 g/mol. The molecule has 0 aliphatic rings. The predicted molar refractivity (Wildman–Crippen MR) is 120 cm³/mol. The molecule has 0 saturated heterocycles. The molecule has 0 fully saturated rings. The standard InChI is InChI=1S/C20H18BrN3O3S2/c1-15(19-11-6-12-28-19)22-23-20(25)14-24(17-8-5-7-16(21)13-17)29(26,27)18-9-3-2-4-10-18/h2-13H,14H2,1H3,(H,23,25)/b22-15+. The van der Waals surface area contributed by atoms with Crippen molar-refractivity contribution in [3.05, 3.63) is 81.5 Å². The number of rotatable bonds is 7. The maximum Gasteiger partial charge on any atom is 0.264 e. The molecule has 6 nitrogen and oxygen atoms in total. The van der Waals surface area contributed by atoms with E-state index < -0.39 is 22.5 Å². The number of carbonyl (C=O) groups excluding carboxylic acids is 1. The van der Waals surface area contributed by atoms with Gasteiger partial charge in [0.25, 0.3) is 15.9 Å². The largest absolute Gasteiger partial charge is 0.271 e. The summed E-state index contributed by atoms with van der Waals surface area (Å²) in [6.07, 6.45) is 0. The summed E-state index contributed by atoms with van der Waals surface area (Å²) in [5.41, 5.74) is 3.47. The van der Waals surface area contributed by atoms with Crippen molar-refractivity contribution in [3.8, 4) is 0 Å². The number of halogens is 1. The molecule has 0 saturated carbocycles. The van der Waals surface area contributed by atoms with E-state index in [2.05, 4.69) is 26.5 Å². The van der Waals surface area contributed by atoms with Gasteiger partial charge in [-0.3, -0.25) is 9.10 Å². The van der Waals surface area contributed by atoms with Gasteiger partial charge in [0.1, 0.15) is 6.54 Å². The van der Waals surface area contributed by atoms with Crippen LogP contribution in [-0.2, 0) is 14.8 Å². The summed E-state index contributed by atoms with van der Waals surface area (Å²) in [4.78, 5) is 13.6. The Bertz CT molecular complexity index is 1110. The average Bonchev–Trinajstić information content (AvgIpc) is 3.26. The minimum absolute atomic E-state index is 0.103. The molecule has 1 heterocycles. The fourth-order valence-corrected chi connectivity index (χ4v) is 5.02. The van der Waals surface area contributed by atoms with Crippen molar-refractivity contribution >= 4 is 54.6 Å². The van der Waals surface area contributed by atoms with Crippen LogP contribution in [0.2, 0.25) is 0 Å². The number of anilines is 1. The number of benzene rings is 2. The zero-order valence-corrected chi connectivity index (χ0v) is 18.7. The zero-order chi connectivity index (χ0) is 20.9. The van der Waals surface area contributed by atoms with E-state index in [1.165, 1.54) is 23.5 Å². The third-order valence-electron chi connectivity index (χ3n) is 3.94. The highest BCUT2D eigenvalue weighted by Crippen LogP contribution is 2.26. The van der Waals surface area contributed by atoms with Crippen molar-refractivity contribution in [1.29, 1.82) is 0 Å². The van der Waals surface area contributed by atoms with E-state index in [-0.39, 0.29) is 4.90 Å². The molecule has 0 bridgehead atoms. The van der Waals surface area contributed by atoms with Crippen LogP contribution < -0.4 is 9.73 Å². The number of thiophene rings is 1. The first-order chi connectivity index (χ1) is 13.9. The maximum atomic E-state index is 13.2. The normalized spacial score (nSPS) is 11.9. The molecule has 1 aromatic heterocycles. The zero-order valence-electron chi connectivity index (χ0n) is 15.4. The Balaban J connectivity index is 1.88. The topological polar surface area (TPSA) is 78.8 Å². The molecular formula is C20H18BrN3O3S2. The molecular weight excluding hydrogens is 474 g/mol. The summed E-state index contributed by atoms with van der Waals surface area (Å²) < 4.78 is 28.2. The van der Waals surface area contributed by atoms with Crippen molar-refractivity contribution in [2.24, 2.45) is 5.10 Å². The lowest BCUT2D eigenvalue weighted by atomic mass is 10.3. The van der Waals surface area contributed by atoms with Gasteiger partial charge in [-0.1, -0.05) is 46.3 Å². The summed E-state index contributed by atoms with van der Waals surface area (Å²) in [6, 6.07) is 18.6. The van der Waals surface area contributed by atoms with Crippen LogP contribution in [0.4, 0.5) is 5.69 Å². The number of sulfonamides is 1. The second-order valence-corrected chi connectivity index (χ2v) is 9.74. The van der Waals surface area contributed by atoms with Gasteiger partial charge in [-0.25, -0.2) is 13.8 Å². The van der Waals surface area contributed by atoms with Gasteiger partial charge in [0.15, 0.2) is 0 Å². The Morgan fingerprint density at radius 2 is 1.86 bits per heavy atom. The van der Waals surface area contributed by atoms with Crippen LogP contribution >= 0.6 is 27.3 Å². The fraction of sp³-hybridized carbons (Fsp3) is 0.100. The van der Waals surface area contributed by atoms with E-state index >= 15 is 0 Å². The van der Waals surface area contributed by atoms with E-state index in [1.807, 2.05) is 17.5 Å². The quantitative estimate of drug-likeness (QED) is 0.396. The average molecular weight is 492 g/mol. The third kappa shape index (κ3) is 5.31. The summed E-state index contributed by atoms with van der Waals surface area (Å²) in [5.74, 6) is -0.541. The van der Waals surface area contributed by atoms with E-state index in [0.717, 1.165) is 9.18 Å². The molecule has 0 atom stereocenters. The van der Waals surface area contributed by atoms with Crippen molar-refractivity contribution in [1.82, 2.24) is 5.43 Å². The molecule has 2 aromatic carbocycles.